The fraction of sp³-hybridized carbons (Fsp3) is 0.714. The maximum absolute atomic E-state index is 2.54. The van der Waals surface area contributed by atoms with Crippen molar-refractivity contribution < 1.29 is 0 Å². The van der Waals surface area contributed by atoms with Crippen molar-refractivity contribution in [2.75, 3.05) is 0 Å². The summed E-state index contributed by atoms with van der Waals surface area (Å²) in [6.07, 6.45) is 9.74. The molecule has 0 heterocycles. The van der Waals surface area contributed by atoms with Crippen LogP contribution in [0.25, 0.3) is 0 Å². The minimum absolute atomic E-state index is 1.01. The van der Waals surface area contributed by atoms with Gasteiger partial charge in [0.2, 0.25) is 0 Å². The van der Waals surface area contributed by atoms with Crippen LogP contribution < -0.4 is 0 Å². The van der Waals surface area contributed by atoms with Gasteiger partial charge in [-0.1, -0.05) is 29.7 Å². The molecule has 0 saturated heterocycles. The molecule has 74 valence electrons. The average Bonchev–Trinajstić information content (AvgIpc) is 2.83. The Balaban J connectivity index is 1.55. The van der Waals surface area contributed by atoms with Crippen LogP contribution in [-0.4, -0.2) is 0 Å². The van der Waals surface area contributed by atoms with Crippen molar-refractivity contribution in [1.82, 2.24) is 0 Å². The van der Waals surface area contributed by atoms with E-state index >= 15 is 0 Å². The van der Waals surface area contributed by atoms with Gasteiger partial charge in [0.25, 0.3) is 0 Å². The zero-order valence-corrected chi connectivity index (χ0v) is 8.92. The summed E-state index contributed by atoms with van der Waals surface area (Å²) in [5.74, 6) is 4.14. The van der Waals surface area contributed by atoms with E-state index in [2.05, 4.69) is 13.0 Å². The number of hydrogen-bond donors (Lipinski definition) is 0. The molecule has 0 bridgehead atoms. The lowest BCUT2D eigenvalue weighted by Gasteiger charge is -2.50. The van der Waals surface area contributed by atoms with Crippen molar-refractivity contribution >= 4 is 0 Å². The molecule has 0 spiro atoms. The van der Waals surface area contributed by atoms with Gasteiger partial charge in [-0.15, -0.1) is 0 Å². The molecule has 0 amide bonds. The molecule has 0 nitrogen and oxygen atoms in total. The highest BCUT2D eigenvalue weighted by Gasteiger charge is 2.51. The largest absolute Gasteiger partial charge is 0.0847 e. The zero-order valence-electron chi connectivity index (χ0n) is 8.92. The molecule has 0 radical (unpaired) electrons. The summed E-state index contributed by atoms with van der Waals surface area (Å²) in [6, 6.07) is 0. The Hall–Kier alpha value is -0.520. The zero-order chi connectivity index (χ0) is 9.28. The standard InChI is InChI=1S/C14H18/c1-2-8-5-10-7-13(14(8)10)11-4-3-9-6-12(9)11/h3,8,11-13H,2,4-7H2,1H3. The molecule has 4 rings (SSSR count). The molecule has 4 unspecified atom stereocenters. The molecule has 0 aromatic heterocycles. The Labute approximate surface area is 86.1 Å². The van der Waals surface area contributed by atoms with Crippen LogP contribution in [0.5, 0.6) is 0 Å². The molecule has 0 aliphatic heterocycles. The van der Waals surface area contributed by atoms with Gasteiger partial charge in [0.05, 0.1) is 0 Å². The molecule has 0 aromatic rings. The van der Waals surface area contributed by atoms with Crippen LogP contribution >= 0.6 is 0 Å². The lowest BCUT2D eigenvalue weighted by atomic mass is 9.55. The minimum atomic E-state index is 1.01. The second-order valence-electron chi connectivity index (χ2n) is 5.67. The van der Waals surface area contributed by atoms with Gasteiger partial charge in [0, 0.05) is 0 Å². The maximum atomic E-state index is 2.54. The predicted molar refractivity (Wildman–Crippen MR) is 57.8 cm³/mol. The Morgan fingerprint density at radius 1 is 1.21 bits per heavy atom. The minimum Gasteiger partial charge on any atom is -0.0847 e. The van der Waals surface area contributed by atoms with Crippen molar-refractivity contribution in [2.24, 2.45) is 23.7 Å². The summed E-state index contributed by atoms with van der Waals surface area (Å²) in [7, 11) is 0. The second-order valence-corrected chi connectivity index (χ2v) is 5.67. The lowest BCUT2D eigenvalue weighted by molar-refractivity contribution is 0.238. The normalized spacial score (nSPS) is 47.6. The highest BCUT2D eigenvalue weighted by molar-refractivity contribution is 5.43. The van der Waals surface area contributed by atoms with E-state index in [1.165, 1.54) is 32.1 Å². The van der Waals surface area contributed by atoms with Gasteiger partial charge in [-0.3, -0.25) is 0 Å². The number of hydrogen-bond acceptors (Lipinski definition) is 0. The Morgan fingerprint density at radius 2 is 2.14 bits per heavy atom. The highest BCUT2D eigenvalue weighted by atomic mass is 14.6. The van der Waals surface area contributed by atoms with Crippen molar-refractivity contribution in [3.05, 3.63) is 22.8 Å². The van der Waals surface area contributed by atoms with Crippen LogP contribution in [0.2, 0.25) is 0 Å². The van der Waals surface area contributed by atoms with E-state index < -0.39 is 0 Å². The van der Waals surface area contributed by atoms with Gasteiger partial charge in [-0.25, -0.2) is 0 Å². The summed E-state index contributed by atoms with van der Waals surface area (Å²) < 4.78 is 0. The van der Waals surface area contributed by atoms with E-state index in [1.807, 2.05) is 11.1 Å². The topological polar surface area (TPSA) is 0 Å². The molecule has 4 atom stereocenters. The van der Waals surface area contributed by atoms with E-state index in [4.69, 9.17) is 0 Å². The summed E-state index contributed by atoms with van der Waals surface area (Å²) >= 11 is 0. The molecule has 0 N–H and O–H groups in total. The van der Waals surface area contributed by atoms with E-state index in [0.29, 0.717) is 0 Å². The fourth-order valence-electron chi connectivity index (χ4n) is 4.19. The molecular weight excluding hydrogens is 168 g/mol. The Bertz CT molecular complexity index is 358. The van der Waals surface area contributed by atoms with E-state index in [0.717, 1.165) is 23.7 Å². The van der Waals surface area contributed by atoms with E-state index in [9.17, 15) is 0 Å². The third kappa shape index (κ3) is 0.769. The van der Waals surface area contributed by atoms with Crippen molar-refractivity contribution in [3.8, 4) is 0 Å². The van der Waals surface area contributed by atoms with E-state index in [1.54, 1.807) is 5.57 Å². The van der Waals surface area contributed by atoms with Gasteiger partial charge >= 0.3 is 0 Å². The fourth-order valence-corrected chi connectivity index (χ4v) is 4.19. The molecule has 1 fully saturated rings. The van der Waals surface area contributed by atoms with Crippen molar-refractivity contribution in [2.45, 2.75) is 39.0 Å². The molecule has 0 aromatic carbocycles. The molecule has 1 saturated carbocycles. The van der Waals surface area contributed by atoms with Gasteiger partial charge in [0.1, 0.15) is 0 Å². The lowest BCUT2D eigenvalue weighted by Crippen LogP contribution is -2.38. The molecule has 4 aliphatic carbocycles. The summed E-state index contributed by atoms with van der Waals surface area (Å²) in [4.78, 5) is 0. The van der Waals surface area contributed by atoms with Crippen LogP contribution in [0.1, 0.15) is 39.0 Å². The quantitative estimate of drug-likeness (QED) is 0.577. The third-order valence-corrected chi connectivity index (χ3v) is 5.16. The van der Waals surface area contributed by atoms with Gasteiger partial charge in [-0.2, -0.15) is 0 Å². The third-order valence-electron chi connectivity index (χ3n) is 5.16. The first kappa shape index (κ1) is 7.73. The summed E-state index contributed by atoms with van der Waals surface area (Å²) in [5.41, 5.74) is 5.59. The van der Waals surface area contributed by atoms with Crippen LogP contribution in [0.4, 0.5) is 0 Å². The van der Waals surface area contributed by atoms with Crippen LogP contribution in [0.3, 0.4) is 0 Å². The Kier molecular flexibility index (Phi) is 1.30. The van der Waals surface area contributed by atoms with Crippen LogP contribution in [0, 0.1) is 23.7 Å². The van der Waals surface area contributed by atoms with Crippen LogP contribution in [0.15, 0.2) is 22.8 Å². The van der Waals surface area contributed by atoms with Gasteiger partial charge < -0.3 is 0 Å². The molecular formula is C14H18. The predicted octanol–water partition coefficient (Wildman–Crippen LogP) is 3.70. The Morgan fingerprint density at radius 3 is 2.71 bits per heavy atom. The molecule has 0 heteroatoms. The second kappa shape index (κ2) is 2.35. The molecule has 4 aliphatic rings. The van der Waals surface area contributed by atoms with Gasteiger partial charge in [-0.05, 0) is 55.8 Å². The first-order valence-electron chi connectivity index (χ1n) is 6.29. The monoisotopic (exact) mass is 186 g/mol. The SMILES string of the molecule is CCC1CC2=C1C(C1CC=C3CC31)C2. The summed E-state index contributed by atoms with van der Waals surface area (Å²) in [6.45, 7) is 2.36. The number of fused-ring (bicyclic) bond motifs is 1. The van der Waals surface area contributed by atoms with Crippen molar-refractivity contribution in [3.63, 3.8) is 0 Å². The average molecular weight is 186 g/mol. The number of allylic oxidation sites excluding steroid dienone is 4. The number of rotatable bonds is 2. The maximum Gasteiger partial charge on any atom is -0.0123 e. The van der Waals surface area contributed by atoms with Gasteiger partial charge in [0.15, 0.2) is 0 Å². The highest BCUT2D eigenvalue weighted by Crippen LogP contribution is 2.63. The summed E-state index contributed by atoms with van der Waals surface area (Å²) in [5, 5.41) is 0. The first-order valence-corrected chi connectivity index (χ1v) is 6.29. The van der Waals surface area contributed by atoms with Crippen molar-refractivity contribution in [1.29, 1.82) is 0 Å². The van der Waals surface area contributed by atoms with Crippen LogP contribution in [-0.2, 0) is 0 Å². The van der Waals surface area contributed by atoms with E-state index in [-0.39, 0.29) is 0 Å². The molecule has 14 heavy (non-hydrogen) atoms. The first-order chi connectivity index (χ1) is 6.88. The smallest absolute Gasteiger partial charge is 0.0123 e.